The van der Waals surface area contributed by atoms with Gasteiger partial charge in [0, 0.05) is 12.1 Å². The number of likely N-dealkylation sites (tertiary alicyclic amines) is 1. The molecule has 1 heterocycles. The first kappa shape index (κ1) is 14.4. The van der Waals surface area contributed by atoms with E-state index in [9.17, 15) is 4.39 Å². The van der Waals surface area contributed by atoms with Crippen LogP contribution < -0.4 is 5.73 Å². The van der Waals surface area contributed by atoms with Crippen LogP contribution in [0.1, 0.15) is 43.2 Å². The summed E-state index contributed by atoms with van der Waals surface area (Å²) in [5.41, 5.74) is 7.17. The number of hydrogen-bond acceptors (Lipinski definition) is 2. The molecule has 0 aromatic heterocycles. The zero-order valence-corrected chi connectivity index (χ0v) is 12.0. The maximum atomic E-state index is 13.6. The van der Waals surface area contributed by atoms with Gasteiger partial charge in [0.25, 0.3) is 0 Å². The lowest BCUT2D eigenvalue weighted by molar-refractivity contribution is 0.239. The fourth-order valence-electron chi connectivity index (χ4n) is 2.61. The van der Waals surface area contributed by atoms with Crippen LogP contribution in [-0.4, -0.2) is 23.0 Å². The molecule has 0 spiro atoms. The Hall–Kier alpha value is -1.00. The Morgan fingerprint density at radius 3 is 2.37 bits per heavy atom. The van der Waals surface area contributed by atoms with E-state index < -0.39 is 0 Å². The van der Waals surface area contributed by atoms with E-state index in [-0.39, 0.29) is 10.8 Å². The number of nitrogens with two attached hydrogens (primary N) is 1. The second-order valence-corrected chi connectivity index (χ2v) is 5.70. The van der Waals surface area contributed by atoms with Crippen molar-refractivity contribution in [2.45, 2.75) is 38.6 Å². The maximum absolute atomic E-state index is 13.6. The van der Waals surface area contributed by atoms with Crippen molar-refractivity contribution in [2.24, 2.45) is 5.73 Å². The van der Waals surface area contributed by atoms with Gasteiger partial charge in [0.05, 0.1) is 0 Å². The Kier molecular flexibility index (Phi) is 5.28. The molecule has 2 nitrogen and oxygen atoms in total. The molecular weight excluding hydrogens is 259 g/mol. The first-order valence-corrected chi connectivity index (χ1v) is 7.37. The van der Waals surface area contributed by atoms with Crippen LogP contribution in [0.5, 0.6) is 0 Å². The second kappa shape index (κ2) is 6.96. The molecule has 1 aliphatic rings. The van der Waals surface area contributed by atoms with Gasteiger partial charge in [-0.2, -0.15) is 0 Å². The van der Waals surface area contributed by atoms with Crippen molar-refractivity contribution in [3.63, 3.8) is 0 Å². The summed E-state index contributed by atoms with van der Waals surface area (Å²) in [6.07, 6.45) is 6.42. The Labute approximate surface area is 119 Å². The number of hydrogen-bond donors (Lipinski definition) is 1. The summed E-state index contributed by atoms with van der Waals surface area (Å²) in [7, 11) is 0. The van der Waals surface area contributed by atoms with Crippen LogP contribution in [0.3, 0.4) is 0 Å². The van der Waals surface area contributed by atoms with Crippen molar-refractivity contribution in [1.29, 1.82) is 0 Å². The zero-order chi connectivity index (χ0) is 13.7. The molecule has 0 amide bonds. The van der Waals surface area contributed by atoms with Crippen molar-refractivity contribution in [1.82, 2.24) is 4.90 Å². The molecule has 2 N–H and O–H groups in total. The molecule has 0 bridgehead atoms. The molecule has 104 valence electrons. The van der Waals surface area contributed by atoms with Crippen LogP contribution in [0.15, 0.2) is 18.2 Å². The van der Waals surface area contributed by atoms with Gasteiger partial charge in [-0.05, 0) is 49.7 Å². The summed E-state index contributed by atoms with van der Waals surface area (Å²) in [4.78, 5) is 2.66. The molecule has 0 unspecified atom stereocenters. The van der Waals surface area contributed by atoms with Crippen LogP contribution in [0.25, 0.3) is 0 Å². The molecule has 0 saturated carbocycles. The van der Waals surface area contributed by atoms with E-state index in [1.807, 2.05) is 6.07 Å². The maximum Gasteiger partial charge on any atom is 0.124 e. The van der Waals surface area contributed by atoms with E-state index >= 15 is 0 Å². The third kappa shape index (κ3) is 4.55. The van der Waals surface area contributed by atoms with Crippen molar-refractivity contribution in [3.8, 4) is 0 Å². The van der Waals surface area contributed by atoms with E-state index in [1.165, 1.54) is 38.2 Å². The standard InChI is InChI=1S/C15H21FN2S/c16-14-9-12(8-13(10-14)15(17)19)11-18-6-4-2-1-3-5-7-18/h8-10H,1-7,11H2,(H2,17,19). The van der Waals surface area contributed by atoms with E-state index in [0.29, 0.717) is 5.56 Å². The van der Waals surface area contributed by atoms with E-state index in [1.54, 1.807) is 6.07 Å². The number of halogens is 1. The molecule has 4 heteroatoms. The predicted octanol–water partition coefficient (Wildman–Crippen LogP) is 3.23. The lowest BCUT2D eigenvalue weighted by Gasteiger charge is -2.24. The van der Waals surface area contributed by atoms with Crippen LogP contribution in [-0.2, 0) is 6.54 Å². The average Bonchev–Trinajstić information content (AvgIpc) is 2.31. The summed E-state index contributed by atoms with van der Waals surface area (Å²) >= 11 is 4.92. The Bertz CT molecular complexity index is 440. The minimum Gasteiger partial charge on any atom is -0.389 e. The van der Waals surface area contributed by atoms with Crippen molar-refractivity contribution in [2.75, 3.05) is 13.1 Å². The molecule has 1 aliphatic heterocycles. The molecule has 0 radical (unpaired) electrons. The van der Waals surface area contributed by atoms with Crippen LogP contribution >= 0.6 is 12.2 Å². The molecule has 1 fully saturated rings. The highest BCUT2D eigenvalue weighted by molar-refractivity contribution is 7.80. The fourth-order valence-corrected chi connectivity index (χ4v) is 2.73. The fraction of sp³-hybridized carbons (Fsp3) is 0.533. The Morgan fingerprint density at radius 1 is 1.11 bits per heavy atom. The summed E-state index contributed by atoms with van der Waals surface area (Å²) in [5, 5.41) is 0. The quantitative estimate of drug-likeness (QED) is 0.862. The third-order valence-electron chi connectivity index (χ3n) is 3.60. The Balaban J connectivity index is 2.06. The average molecular weight is 280 g/mol. The van der Waals surface area contributed by atoms with Crippen molar-refractivity contribution >= 4 is 17.2 Å². The van der Waals surface area contributed by atoms with Gasteiger partial charge in [-0.1, -0.05) is 31.5 Å². The van der Waals surface area contributed by atoms with Crippen molar-refractivity contribution < 1.29 is 4.39 Å². The highest BCUT2D eigenvalue weighted by Gasteiger charge is 2.10. The first-order valence-electron chi connectivity index (χ1n) is 6.97. The van der Waals surface area contributed by atoms with Crippen LogP contribution in [0.4, 0.5) is 4.39 Å². The van der Waals surface area contributed by atoms with Crippen molar-refractivity contribution in [3.05, 3.63) is 35.1 Å². The van der Waals surface area contributed by atoms with E-state index in [4.69, 9.17) is 18.0 Å². The number of nitrogens with zero attached hydrogens (tertiary/aromatic N) is 1. The smallest absolute Gasteiger partial charge is 0.124 e. The summed E-state index contributed by atoms with van der Waals surface area (Å²) in [6.45, 7) is 2.98. The first-order chi connectivity index (χ1) is 9.15. The molecule has 0 aliphatic carbocycles. The SMILES string of the molecule is NC(=S)c1cc(F)cc(CN2CCCCCCC2)c1. The second-order valence-electron chi connectivity index (χ2n) is 5.26. The normalized spacial score (nSPS) is 17.7. The van der Waals surface area contributed by atoms with Gasteiger partial charge in [-0.3, -0.25) is 4.90 Å². The molecule has 19 heavy (non-hydrogen) atoms. The van der Waals surface area contributed by atoms with E-state index in [2.05, 4.69) is 4.90 Å². The highest BCUT2D eigenvalue weighted by Crippen LogP contribution is 2.15. The van der Waals surface area contributed by atoms with Gasteiger partial charge in [-0.15, -0.1) is 0 Å². The lowest BCUT2D eigenvalue weighted by atomic mass is 10.1. The third-order valence-corrected chi connectivity index (χ3v) is 3.83. The summed E-state index contributed by atoms with van der Waals surface area (Å²) in [6, 6.07) is 4.89. The molecular formula is C15H21FN2S. The van der Waals surface area contributed by atoms with Gasteiger partial charge < -0.3 is 5.73 Å². The summed E-state index contributed by atoms with van der Waals surface area (Å²) in [5.74, 6) is -0.257. The van der Waals surface area contributed by atoms with Gasteiger partial charge in [0.15, 0.2) is 0 Å². The lowest BCUT2D eigenvalue weighted by Crippen LogP contribution is -2.27. The summed E-state index contributed by atoms with van der Waals surface area (Å²) < 4.78 is 13.6. The highest BCUT2D eigenvalue weighted by atomic mass is 32.1. The monoisotopic (exact) mass is 280 g/mol. The largest absolute Gasteiger partial charge is 0.389 e. The van der Waals surface area contributed by atoms with Gasteiger partial charge in [0.2, 0.25) is 0 Å². The molecule has 0 atom stereocenters. The molecule has 1 aromatic carbocycles. The van der Waals surface area contributed by atoms with Gasteiger partial charge in [-0.25, -0.2) is 4.39 Å². The predicted molar refractivity (Wildman–Crippen MR) is 80.6 cm³/mol. The minimum absolute atomic E-state index is 0.257. The zero-order valence-electron chi connectivity index (χ0n) is 11.2. The van der Waals surface area contributed by atoms with Gasteiger partial charge in [0.1, 0.15) is 10.8 Å². The number of thiocarbonyl (C=S) groups is 1. The Morgan fingerprint density at radius 2 is 1.74 bits per heavy atom. The number of rotatable bonds is 3. The minimum atomic E-state index is -0.257. The van der Waals surface area contributed by atoms with E-state index in [0.717, 1.165) is 25.2 Å². The van der Waals surface area contributed by atoms with Gasteiger partial charge >= 0.3 is 0 Å². The topological polar surface area (TPSA) is 29.3 Å². The van der Waals surface area contributed by atoms with Crippen LogP contribution in [0, 0.1) is 5.82 Å². The number of benzene rings is 1. The molecule has 1 saturated heterocycles. The van der Waals surface area contributed by atoms with Crippen LogP contribution in [0.2, 0.25) is 0 Å². The molecule has 1 aromatic rings. The molecule has 2 rings (SSSR count).